The number of aromatic nitrogens is 1. The zero-order valence-corrected chi connectivity index (χ0v) is 8.00. The quantitative estimate of drug-likeness (QED) is 0.544. The van der Waals surface area contributed by atoms with E-state index in [2.05, 4.69) is 11.1 Å². The van der Waals surface area contributed by atoms with Gasteiger partial charge < -0.3 is 4.98 Å². The first-order valence-electron chi connectivity index (χ1n) is 2.94. The molecule has 2 aromatic rings. The van der Waals surface area contributed by atoms with Gasteiger partial charge in [0.1, 0.15) is 0 Å². The molecule has 0 bridgehead atoms. The Labute approximate surface area is 83.9 Å². The van der Waals surface area contributed by atoms with E-state index in [1.54, 1.807) is 11.3 Å². The number of fused-ring (bicyclic) bond motifs is 1. The zero-order valence-electron chi connectivity index (χ0n) is 5.43. The summed E-state index contributed by atoms with van der Waals surface area (Å²) in [6.07, 6.45) is 0. The summed E-state index contributed by atoms with van der Waals surface area (Å²) in [6.45, 7) is 0. The van der Waals surface area contributed by atoms with Crippen molar-refractivity contribution in [3.8, 4) is 0 Å². The van der Waals surface area contributed by atoms with Gasteiger partial charge in [0.2, 0.25) is 0 Å². The molecule has 60 valence electrons. The zero-order chi connectivity index (χ0) is 6.97. The number of nitrogens with one attached hydrogen (secondary N) is 1. The summed E-state index contributed by atoms with van der Waals surface area (Å²) in [5.41, 5.74) is 1.14. The molecule has 2 rings (SSSR count). The first kappa shape index (κ1) is 8.94. The van der Waals surface area contributed by atoms with Crippen molar-refractivity contribution in [2.75, 3.05) is 0 Å². The maximum Gasteiger partial charge on any atom is 1.00 e. The van der Waals surface area contributed by atoms with Gasteiger partial charge in [0.05, 0.1) is 10.2 Å². The summed E-state index contributed by atoms with van der Waals surface area (Å²) in [7, 11) is 0. The maximum absolute atomic E-state index is 4.98. The van der Waals surface area contributed by atoms with Gasteiger partial charge in [-0.3, -0.25) is 0 Å². The number of hydrogen-bond donors (Lipinski definition) is 1. The Balaban J connectivity index is 0.000000605. The first-order valence-corrected chi connectivity index (χ1v) is 4.16. The molecule has 0 fully saturated rings. The molecule has 1 N–H and O–H groups in total. The van der Waals surface area contributed by atoms with Crippen LogP contribution in [-0.2, 0) is 17.1 Å². The standard InChI is InChI=1S/C7H5NS2.Cu/c9-7-8-5-3-1-2-4-6(5)10-7;/h1-4H,(H,8,9);/q;+1. The van der Waals surface area contributed by atoms with Crippen LogP contribution in [0, 0.1) is 3.95 Å². The van der Waals surface area contributed by atoms with E-state index in [1.165, 1.54) is 4.70 Å². The van der Waals surface area contributed by atoms with Crippen molar-refractivity contribution >= 4 is 33.8 Å². The molecule has 1 nitrogen and oxygen atoms in total. The molecule has 0 radical (unpaired) electrons. The van der Waals surface area contributed by atoms with Crippen LogP contribution >= 0.6 is 23.6 Å². The number of thiazole rings is 1. The smallest absolute Gasteiger partial charge is 0.337 e. The van der Waals surface area contributed by atoms with Crippen LogP contribution in [0.2, 0.25) is 0 Å². The molecule has 0 unspecified atom stereocenters. The van der Waals surface area contributed by atoms with E-state index in [1.807, 2.05) is 18.2 Å². The van der Waals surface area contributed by atoms with Crippen molar-refractivity contribution in [2.24, 2.45) is 0 Å². The van der Waals surface area contributed by atoms with Gasteiger partial charge in [-0.1, -0.05) is 12.1 Å². The maximum atomic E-state index is 4.98. The van der Waals surface area contributed by atoms with E-state index in [4.69, 9.17) is 12.2 Å². The van der Waals surface area contributed by atoms with Gasteiger partial charge in [0.15, 0.2) is 3.95 Å². The average molecular weight is 231 g/mol. The van der Waals surface area contributed by atoms with E-state index in [0.29, 0.717) is 0 Å². The Hall–Kier alpha value is -0.151. The van der Waals surface area contributed by atoms with Crippen LogP contribution in [0.1, 0.15) is 0 Å². The average Bonchev–Trinajstić information content (AvgIpc) is 2.27. The molecule has 0 spiro atoms. The van der Waals surface area contributed by atoms with E-state index in [-0.39, 0.29) is 17.1 Å². The van der Waals surface area contributed by atoms with Gasteiger partial charge in [-0.15, -0.1) is 11.3 Å². The molecule has 11 heavy (non-hydrogen) atoms. The SMILES string of the molecule is S=c1[nH]c2ccccc2s1.[Cu+]. The molecule has 0 aliphatic heterocycles. The van der Waals surface area contributed by atoms with Crippen molar-refractivity contribution < 1.29 is 17.1 Å². The second-order valence-corrected chi connectivity index (χ2v) is 3.73. The number of rotatable bonds is 0. The Morgan fingerprint density at radius 2 is 2.00 bits per heavy atom. The van der Waals surface area contributed by atoms with Crippen molar-refractivity contribution in [1.29, 1.82) is 0 Å². The van der Waals surface area contributed by atoms with Crippen LogP contribution in [0.3, 0.4) is 0 Å². The second-order valence-electron chi connectivity index (χ2n) is 2.01. The fourth-order valence-corrected chi connectivity index (χ4v) is 2.01. The molecule has 0 saturated heterocycles. The molecule has 0 atom stereocenters. The molecule has 1 aromatic heterocycles. The molecule has 0 amide bonds. The van der Waals surface area contributed by atoms with E-state index < -0.39 is 0 Å². The number of para-hydroxylation sites is 1. The van der Waals surface area contributed by atoms with E-state index in [0.717, 1.165) is 9.47 Å². The predicted octanol–water partition coefficient (Wildman–Crippen LogP) is 2.96. The third-order valence-electron chi connectivity index (χ3n) is 1.33. The van der Waals surface area contributed by atoms with E-state index >= 15 is 0 Å². The van der Waals surface area contributed by atoms with Crippen LogP contribution in [0.4, 0.5) is 0 Å². The van der Waals surface area contributed by atoms with Crippen molar-refractivity contribution in [3.05, 3.63) is 28.2 Å². The van der Waals surface area contributed by atoms with Crippen LogP contribution < -0.4 is 0 Å². The summed E-state index contributed by atoms with van der Waals surface area (Å²) in [4.78, 5) is 3.09. The fourth-order valence-electron chi connectivity index (χ4n) is 0.894. The van der Waals surface area contributed by atoms with Crippen LogP contribution in [-0.4, -0.2) is 4.98 Å². The number of H-pyrrole nitrogens is 1. The van der Waals surface area contributed by atoms with Gasteiger partial charge in [0, 0.05) is 0 Å². The molecule has 0 saturated carbocycles. The summed E-state index contributed by atoms with van der Waals surface area (Å²) in [5, 5.41) is 0. The Kier molecular flexibility index (Phi) is 2.84. The normalized spacial score (nSPS) is 9.45. The minimum Gasteiger partial charge on any atom is -0.337 e. The second kappa shape index (κ2) is 3.50. The minimum absolute atomic E-state index is 0. The monoisotopic (exact) mass is 230 g/mol. The Morgan fingerprint density at radius 3 is 2.73 bits per heavy atom. The largest absolute Gasteiger partial charge is 1.00 e. The fraction of sp³-hybridized carbons (Fsp3) is 0. The third kappa shape index (κ3) is 1.71. The Bertz CT molecular complexity index is 368. The van der Waals surface area contributed by atoms with Crippen molar-refractivity contribution in [1.82, 2.24) is 4.98 Å². The van der Waals surface area contributed by atoms with Gasteiger partial charge in [-0.25, -0.2) is 0 Å². The van der Waals surface area contributed by atoms with Gasteiger partial charge >= 0.3 is 17.1 Å². The summed E-state index contributed by atoms with van der Waals surface area (Å²) >= 11 is 6.59. The molecular formula is C7H5CuNS2+. The predicted molar refractivity (Wildman–Crippen MR) is 47.0 cm³/mol. The number of hydrogen-bond acceptors (Lipinski definition) is 2. The van der Waals surface area contributed by atoms with Crippen molar-refractivity contribution in [3.63, 3.8) is 0 Å². The van der Waals surface area contributed by atoms with Crippen LogP contribution in [0.15, 0.2) is 24.3 Å². The topological polar surface area (TPSA) is 15.8 Å². The third-order valence-corrected chi connectivity index (χ3v) is 2.54. The molecule has 0 aliphatic carbocycles. The van der Waals surface area contributed by atoms with Crippen molar-refractivity contribution in [2.45, 2.75) is 0 Å². The molecule has 4 heteroatoms. The number of benzene rings is 1. The first-order chi connectivity index (χ1) is 4.86. The summed E-state index contributed by atoms with van der Waals surface area (Å²) < 4.78 is 2.08. The molecule has 1 heterocycles. The van der Waals surface area contributed by atoms with Gasteiger partial charge in [-0.2, -0.15) is 0 Å². The van der Waals surface area contributed by atoms with Gasteiger partial charge in [0.25, 0.3) is 0 Å². The molecule has 0 aliphatic rings. The Morgan fingerprint density at radius 1 is 1.27 bits per heavy atom. The van der Waals surface area contributed by atoms with Crippen LogP contribution in [0.25, 0.3) is 10.2 Å². The minimum atomic E-state index is 0. The number of aromatic amines is 1. The van der Waals surface area contributed by atoms with Gasteiger partial charge in [-0.05, 0) is 24.4 Å². The van der Waals surface area contributed by atoms with Crippen LogP contribution in [0.5, 0.6) is 0 Å². The molecule has 1 aromatic carbocycles. The van der Waals surface area contributed by atoms with E-state index in [9.17, 15) is 0 Å². The molecular weight excluding hydrogens is 226 g/mol. The summed E-state index contributed by atoms with van der Waals surface area (Å²) in [6, 6.07) is 8.11. The summed E-state index contributed by atoms with van der Waals surface area (Å²) in [5.74, 6) is 0.